The molecule has 1 aliphatic heterocycles. The van der Waals surface area contributed by atoms with E-state index in [4.69, 9.17) is 31.5 Å². The summed E-state index contributed by atoms with van der Waals surface area (Å²) < 4.78 is 4.52. The number of benzene rings is 4. The first kappa shape index (κ1) is 32.0. The van der Waals surface area contributed by atoms with Crippen molar-refractivity contribution in [2.75, 3.05) is 13.1 Å². The van der Waals surface area contributed by atoms with Crippen LogP contribution in [0.25, 0.3) is 44.1 Å². The summed E-state index contributed by atoms with van der Waals surface area (Å²) in [5.74, 6) is 5.62. The van der Waals surface area contributed by atoms with Gasteiger partial charge in [0.2, 0.25) is 0 Å². The van der Waals surface area contributed by atoms with Crippen LogP contribution in [0.4, 0.5) is 0 Å². The van der Waals surface area contributed by atoms with Crippen LogP contribution in [0.15, 0.2) is 91.0 Å². The van der Waals surface area contributed by atoms with Crippen LogP contribution in [0.2, 0.25) is 0 Å². The minimum atomic E-state index is 0.363. The van der Waals surface area contributed by atoms with Crippen molar-refractivity contribution in [2.24, 2.45) is 11.8 Å². The molecule has 0 saturated carbocycles. The lowest BCUT2D eigenvalue weighted by Crippen LogP contribution is -2.35. The zero-order valence-electron chi connectivity index (χ0n) is 28.9. The number of halogens is 1. The van der Waals surface area contributed by atoms with Crippen LogP contribution in [0, 0.1) is 11.8 Å². The third-order valence-electron chi connectivity index (χ3n) is 10.9. The van der Waals surface area contributed by atoms with Gasteiger partial charge < -0.3 is 19.1 Å². The number of nitrogens with zero attached hydrogens (tertiary/aromatic N) is 7. The molecule has 1 aliphatic rings. The molecule has 10 heteroatoms. The fraction of sp³-hybridized carbons (Fsp3) is 0.317. The van der Waals surface area contributed by atoms with Crippen LogP contribution in [0.3, 0.4) is 0 Å². The number of rotatable bonds is 11. The highest BCUT2D eigenvalue weighted by Gasteiger charge is 2.25. The summed E-state index contributed by atoms with van der Waals surface area (Å²) in [6, 6.07) is 31.5. The lowest BCUT2D eigenvalue weighted by atomic mass is 9.82. The second-order valence-corrected chi connectivity index (χ2v) is 14.5. The molecule has 1 atom stereocenters. The van der Waals surface area contributed by atoms with E-state index in [9.17, 15) is 0 Å². The molecule has 0 amide bonds. The van der Waals surface area contributed by atoms with E-state index in [2.05, 4.69) is 91.6 Å². The fourth-order valence-electron chi connectivity index (χ4n) is 8.09. The maximum absolute atomic E-state index is 6.26. The van der Waals surface area contributed by atoms with Gasteiger partial charge in [0.25, 0.3) is 0 Å². The maximum atomic E-state index is 6.26. The summed E-state index contributed by atoms with van der Waals surface area (Å²) in [6.07, 6.45) is 4.56. The van der Waals surface area contributed by atoms with Gasteiger partial charge in [0.15, 0.2) is 0 Å². The van der Waals surface area contributed by atoms with E-state index < -0.39 is 0 Å². The van der Waals surface area contributed by atoms with E-state index in [1.807, 2.05) is 30.3 Å². The number of H-pyrrole nitrogens is 2. The maximum Gasteiger partial charge on any atom is 0.127 e. The topological polar surface area (TPSA) is 96.2 Å². The van der Waals surface area contributed by atoms with Crippen molar-refractivity contribution >= 4 is 55.7 Å². The first-order valence-corrected chi connectivity index (χ1v) is 18.7. The molecule has 258 valence electrons. The minimum absolute atomic E-state index is 0.363. The van der Waals surface area contributed by atoms with Crippen LogP contribution in [0.1, 0.15) is 55.0 Å². The van der Waals surface area contributed by atoms with E-state index in [1.165, 1.54) is 23.9 Å². The van der Waals surface area contributed by atoms with Gasteiger partial charge in [-0.3, -0.25) is 4.90 Å². The highest BCUT2D eigenvalue weighted by atomic mass is 35.5. The van der Waals surface area contributed by atoms with Crippen LogP contribution < -0.4 is 0 Å². The van der Waals surface area contributed by atoms with E-state index in [0.29, 0.717) is 24.9 Å². The number of imidazole rings is 4. The van der Waals surface area contributed by atoms with Crippen LogP contribution in [-0.4, -0.2) is 57.0 Å². The molecule has 1 saturated heterocycles. The summed E-state index contributed by atoms with van der Waals surface area (Å²) in [4.78, 5) is 29.3. The highest BCUT2D eigenvalue weighted by Crippen LogP contribution is 2.30. The Bertz CT molecular complexity index is 2430. The first-order chi connectivity index (χ1) is 25.1. The molecule has 0 radical (unpaired) electrons. The Morgan fingerprint density at radius 1 is 0.667 bits per heavy atom. The normalized spacial score (nSPS) is 15.2. The van der Waals surface area contributed by atoms with Gasteiger partial charge in [-0.2, -0.15) is 0 Å². The van der Waals surface area contributed by atoms with Crippen molar-refractivity contribution in [1.29, 1.82) is 0 Å². The quantitative estimate of drug-likeness (QED) is 0.132. The van der Waals surface area contributed by atoms with Crippen molar-refractivity contribution in [3.05, 3.63) is 120 Å². The zero-order valence-corrected chi connectivity index (χ0v) is 29.7. The third kappa shape index (κ3) is 6.41. The average Bonchev–Trinajstić information content (AvgIpc) is 3.94. The number of alkyl halides is 1. The predicted octanol–water partition coefficient (Wildman–Crippen LogP) is 8.45. The minimum Gasteiger partial charge on any atom is -0.340 e. The third-order valence-corrected chi connectivity index (χ3v) is 11.1. The van der Waals surface area contributed by atoms with Crippen LogP contribution in [0.5, 0.6) is 0 Å². The van der Waals surface area contributed by atoms with Gasteiger partial charge in [-0.1, -0.05) is 49.4 Å². The van der Waals surface area contributed by atoms with Crippen LogP contribution >= 0.6 is 11.6 Å². The number of aromatic amines is 2. The second-order valence-electron chi connectivity index (χ2n) is 14.2. The van der Waals surface area contributed by atoms with E-state index >= 15 is 0 Å². The smallest absolute Gasteiger partial charge is 0.127 e. The molecule has 2 N–H and O–H groups in total. The highest BCUT2D eigenvalue weighted by molar-refractivity contribution is 6.16. The molecule has 1 unspecified atom stereocenters. The Labute approximate surface area is 301 Å². The van der Waals surface area contributed by atoms with Gasteiger partial charge in [0.05, 0.1) is 63.1 Å². The Morgan fingerprint density at radius 2 is 1.25 bits per heavy atom. The van der Waals surface area contributed by atoms with Gasteiger partial charge in [-0.15, -0.1) is 11.6 Å². The standard InChI is InChI=1S/C41H42ClN9/c1-27(14-17-40-47-33-10-4-6-12-36(33)50(40)25-38-43-30-8-2-3-9-31(30)44-38)29-18-20-49(21-19-29)24-28-15-16-32-35(22-28)46-39(45-32)26-51-37-13-7-5-11-34(37)48-41(51)23-42/h2-13,15-16,22,27,29H,14,17-21,23-26H2,1H3,(H,43,44)(H,45,46). The van der Waals surface area contributed by atoms with Gasteiger partial charge in [-0.05, 0) is 98.3 Å². The predicted molar refractivity (Wildman–Crippen MR) is 205 cm³/mol. The number of aryl methyl sites for hydroxylation is 1. The molecule has 5 heterocycles. The molecule has 8 aromatic rings. The van der Waals surface area contributed by atoms with Crippen molar-refractivity contribution in [3.8, 4) is 0 Å². The van der Waals surface area contributed by atoms with Crippen molar-refractivity contribution in [3.63, 3.8) is 0 Å². The fourth-order valence-corrected chi connectivity index (χ4v) is 8.29. The molecule has 9 rings (SSSR count). The monoisotopic (exact) mass is 695 g/mol. The number of likely N-dealkylation sites (tertiary alicyclic amines) is 1. The van der Waals surface area contributed by atoms with Gasteiger partial charge in [0.1, 0.15) is 23.3 Å². The molecular weight excluding hydrogens is 654 g/mol. The number of hydrogen-bond donors (Lipinski definition) is 2. The zero-order chi connectivity index (χ0) is 34.3. The summed E-state index contributed by atoms with van der Waals surface area (Å²) in [5, 5.41) is 0. The molecule has 0 spiro atoms. The average molecular weight is 696 g/mol. The molecular formula is C41H42ClN9. The SMILES string of the molecule is CC(CCc1nc2ccccc2n1Cc1nc2ccccc2[nH]1)C1CCN(Cc2ccc3nc(Cn4c(CCl)nc5ccccc54)[nH]c3c2)CC1. The number of aromatic nitrogens is 8. The van der Waals surface area contributed by atoms with E-state index in [-0.39, 0.29) is 0 Å². The van der Waals surface area contributed by atoms with Crippen molar-refractivity contribution in [2.45, 2.75) is 58.1 Å². The lowest BCUT2D eigenvalue weighted by Gasteiger charge is -2.35. The summed E-state index contributed by atoms with van der Waals surface area (Å²) in [7, 11) is 0. The molecule has 0 bridgehead atoms. The van der Waals surface area contributed by atoms with Gasteiger partial charge in [-0.25, -0.2) is 19.9 Å². The number of fused-ring (bicyclic) bond motifs is 4. The Balaban J connectivity index is 0.819. The molecule has 1 fully saturated rings. The van der Waals surface area contributed by atoms with Gasteiger partial charge in [0, 0.05) is 13.0 Å². The van der Waals surface area contributed by atoms with Gasteiger partial charge >= 0.3 is 0 Å². The lowest BCUT2D eigenvalue weighted by molar-refractivity contribution is 0.143. The number of nitrogens with one attached hydrogen (secondary N) is 2. The largest absolute Gasteiger partial charge is 0.340 e. The molecule has 51 heavy (non-hydrogen) atoms. The summed E-state index contributed by atoms with van der Waals surface area (Å²) >= 11 is 6.26. The number of para-hydroxylation sites is 6. The molecule has 4 aromatic heterocycles. The number of piperidine rings is 1. The number of hydrogen-bond acceptors (Lipinski definition) is 5. The van der Waals surface area contributed by atoms with E-state index in [0.717, 1.165) is 100 Å². The first-order valence-electron chi connectivity index (χ1n) is 18.2. The molecule has 0 aliphatic carbocycles. The van der Waals surface area contributed by atoms with Crippen molar-refractivity contribution in [1.82, 2.24) is 43.9 Å². The summed E-state index contributed by atoms with van der Waals surface area (Å²) in [5.41, 5.74) is 9.73. The van der Waals surface area contributed by atoms with E-state index in [1.54, 1.807) is 0 Å². The Hall–Kier alpha value is -4.99. The second kappa shape index (κ2) is 13.6. The Kier molecular flexibility index (Phi) is 8.53. The molecule has 4 aromatic carbocycles. The van der Waals surface area contributed by atoms with Crippen molar-refractivity contribution < 1.29 is 0 Å². The molecule has 9 nitrogen and oxygen atoms in total. The van der Waals surface area contributed by atoms with Crippen LogP contribution in [-0.2, 0) is 31.9 Å². The summed E-state index contributed by atoms with van der Waals surface area (Å²) in [6.45, 7) is 6.96. The Morgan fingerprint density at radius 3 is 1.94 bits per heavy atom.